The summed E-state index contributed by atoms with van der Waals surface area (Å²) < 4.78 is 5.46. The number of rotatable bonds is 6. The average Bonchev–Trinajstić information content (AvgIpc) is 3.18. The smallest absolute Gasteiger partial charge is 0.307 e. The van der Waals surface area contributed by atoms with Crippen LogP contribution in [0.2, 0.25) is 0 Å². The van der Waals surface area contributed by atoms with Gasteiger partial charge in [-0.3, -0.25) is 20.2 Å². The van der Waals surface area contributed by atoms with Crippen molar-refractivity contribution in [3.63, 3.8) is 0 Å². The summed E-state index contributed by atoms with van der Waals surface area (Å²) in [6.45, 7) is 2.21. The normalized spacial score (nSPS) is 27.5. The molecule has 0 bridgehead atoms. The second-order valence-corrected chi connectivity index (χ2v) is 7.70. The topological polar surface area (TPSA) is 146 Å². The summed E-state index contributed by atoms with van der Waals surface area (Å²) in [6.07, 6.45) is -0.173. The first kappa shape index (κ1) is 21.0. The lowest BCUT2D eigenvalue weighted by atomic mass is 9.74. The monoisotopic (exact) mass is 428 g/mol. The van der Waals surface area contributed by atoms with Gasteiger partial charge in [-0.15, -0.1) is 0 Å². The van der Waals surface area contributed by atoms with Crippen LogP contribution in [0.25, 0.3) is 0 Å². The van der Waals surface area contributed by atoms with Gasteiger partial charge in [0.1, 0.15) is 0 Å². The summed E-state index contributed by atoms with van der Waals surface area (Å²) in [7, 11) is 0. The predicted octanol–water partition coefficient (Wildman–Crippen LogP) is 2.23. The first-order chi connectivity index (χ1) is 14.9. The van der Waals surface area contributed by atoms with Gasteiger partial charge >= 0.3 is 5.97 Å². The van der Waals surface area contributed by atoms with E-state index in [1.807, 2.05) is 6.92 Å². The molecular weight excluding hydrogens is 404 g/mol. The van der Waals surface area contributed by atoms with Crippen LogP contribution in [-0.4, -0.2) is 33.9 Å². The van der Waals surface area contributed by atoms with Crippen molar-refractivity contribution in [1.82, 2.24) is 16.2 Å². The first-order valence-electron chi connectivity index (χ1n) is 10.1. The van der Waals surface area contributed by atoms with E-state index in [9.17, 15) is 25.1 Å². The van der Waals surface area contributed by atoms with Crippen LogP contribution in [0, 0.1) is 22.0 Å². The molecule has 4 rings (SSSR count). The molecule has 2 aliphatic rings. The van der Waals surface area contributed by atoms with Gasteiger partial charge in [-0.2, -0.15) is 0 Å². The number of non-ortho nitro benzene ring substituents is 1. The highest BCUT2D eigenvalue weighted by atomic mass is 16.6. The maximum atomic E-state index is 12.2. The Morgan fingerprint density at radius 1 is 1.26 bits per heavy atom. The number of hydrazine groups is 1. The molecule has 0 amide bonds. The van der Waals surface area contributed by atoms with Crippen molar-refractivity contribution in [2.75, 3.05) is 6.61 Å². The number of phenolic OH excluding ortho intramolecular Hbond substituents is 1. The number of nitro groups is 1. The molecule has 31 heavy (non-hydrogen) atoms. The van der Waals surface area contributed by atoms with Crippen molar-refractivity contribution in [3.8, 4) is 11.5 Å². The van der Waals surface area contributed by atoms with Gasteiger partial charge in [0.25, 0.3) is 5.69 Å². The van der Waals surface area contributed by atoms with E-state index in [0.717, 1.165) is 0 Å². The van der Waals surface area contributed by atoms with Gasteiger partial charge in [0.2, 0.25) is 0 Å². The van der Waals surface area contributed by atoms with E-state index in [1.54, 1.807) is 30.3 Å². The maximum absolute atomic E-state index is 12.2. The van der Waals surface area contributed by atoms with Gasteiger partial charge in [-0.25, -0.2) is 10.9 Å². The Labute approximate surface area is 178 Å². The number of aromatic hydroxyl groups is 1. The van der Waals surface area contributed by atoms with Crippen molar-refractivity contribution < 1.29 is 24.7 Å². The number of aliphatic carboxylic acids is 1. The molecule has 2 heterocycles. The van der Waals surface area contributed by atoms with Crippen molar-refractivity contribution in [2.24, 2.45) is 11.8 Å². The number of hydrogen-bond acceptors (Lipinski definition) is 8. The summed E-state index contributed by atoms with van der Waals surface area (Å²) in [5.41, 5.74) is 7.35. The lowest BCUT2D eigenvalue weighted by Gasteiger charge is -2.39. The zero-order valence-electron chi connectivity index (χ0n) is 16.8. The fourth-order valence-corrected chi connectivity index (χ4v) is 4.59. The third-order valence-corrected chi connectivity index (χ3v) is 5.96. The van der Waals surface area contributed by atoms with Gasteiger partial charge in [-0.05, 0) is 25.0 Å². The minimum absolute atomic E-state index is 0.00868. The Morgan fingerprint density at radius 2 is 2.03 bits per heavy atom. The number of hydrogen-bond donors (Lipinski definition) is 5. The molecule has 0 aromatic heterocycles. The number of para-hydroxylation sites is 1. The molecule has 2 aromatic carbocycles. The highest BCUT2D eigenvalue weighted by molar-refractivity contribution is 5.71. The molecule has 5 unspecified atom stereocenters. The minimum atomic E-state index is -0.956. The lowest BCUT2D eigenvalue weighted by Crippen LogP contribution is -2.53. The molecular formula is C21H24N4O6. The highest BCUT2D eigenvalue weighted by Gasteiger charge is 2.50. The Balaban J connectivity index is 1.64. The molecule has 0 saturated carbocycles. The summed E-state index contributed by atoms with van der Waals surface area (Å²) in [5, 5.41) is 35.2. The molecule has 0 aliphatic carbocycles. The Hall–Kier alpha value is -3.21. The molecule has 164 valence electrons. The zero-order chi connectivity index (χ0) is 22.1. The quantitative estimate of drug-likeness (QED) is 0.345. The van der Waals surface area contributed by atoms with Crippen molar-refractivity contribution in [3.05, 3.63) is 63.7 Å². The third-order valence-electron chi connectivity index (χ3n) is 5.96. The van der Waals surface area contributed by atoms with E-state index in [4.69, 9.17) is 4.74 Å². The molecule has 5 atom stereocenters. The molecule has 2 saturated heterocycles. The second-order valence-electron chi connectivity index (χ2n) is 7.70. The van der Waals surface area contributed by atoms with Gasteiger partial charge in [-0.1, -0.05) is 24.3 Å². The van der Waals surface area contributed by atoms with Crippen molar-refractivity contribution in [2.45, 2.75) is 31.6 Å². The molecule has 10 nitrogen and oxygen atoms in total. The number of fused-ring (bicyclic) bond motifs is 1. The fourth-order valence-electron chi connectivity index (χ4n) is 4.59. The SMILES string of the molecule is CCOc1cccc(C2CC(C(=O)O)C3C(NNC3c3cccc([N+](=O)[O-])c3)N2)c1O. The minimum Gasteiger partial charge on any atom is -0.504 e. The van der Waals surface area contributed by atoms with Crippen molar-refractivity contribution in [1.29, 1.82) is 0 Å². The number of nitrogens with zero attached hydrogens (tertiary/aromatic N) is 1. The van der Waals surface area contributed by atoms with E-state index in [0.29, 0.717) is 23.5 Å². The Morgan fingerprint density at radius 3 is 2.74 bits per heavy atom. The largest absolute Gasteiger partial charge is 0.504 e. The van der Waals surface area contributed by atoms with Gasteiger partial charge in [0, 0.05) is 29.7 Å². The lowest BCUT2D eigenvalue weighted by molar-refractivity contribution is -0.384. The standard InChI is InChI=1S/C21H24N4O6/c1-2-31-16-8-4-7-13(19(16)26)15-10-14(21(27)28)17-18(23-24-20(17)22-15)11-5-3-6-12(9-11)25(29)30/h3-9,14-15,17-18,20,22-24,26H,2,10H2,1H3,(H,27,28). The van der Waals surface area contributed by atoms with Crippen LogP contribution in [0.4, 0.5) is 5.69 Å². The molecule has 2 aromatic rings. The number of piperidine rings is 1. The summed E-state index contributed by atoms with van der Waals surface area (Å²) >= 11 is 0. The summed E-state index contributed by atoms with van der Waals surface area (Å²) in [5.74, 6) is -1.76. The van der Waals surface area contributed by atoms with E-state index in [-0.39, 0.29) is 17.9 Å². The molecule has 0 spiro atoms. The Kier molecular flexibility index (Phi) is 5.77. The van der Waals surface area contributed by atoms with Crippen LogP contribution in [0.5, 0.6) is 11.5 Å². The number of carboxylic acid groups (broad SMARTS) is 1. The maximum Gasteiger partial charge on any atom is 0.307 e. The van der Waals surface area contributed by atoms with Gasteiger partial charge in [0.15, 0.2) is 11.5 Å². The summed E-state index contributed by atoms with van der Waals surface area (Å²) in [6, 6.07) is 10.5. The Bertz CT molecular complexity index is 1000. The highest BCUT2D eigenvalue weighted by Crippen LogP contribution is 2.45. The molecule has 2 fully saturated rings. The number of nitrogens with one attached hydrogen (secondary N) is 3. The van der Waals surface area contributed by atoms with Crippen molar-refractivity contribution >= 4 is 11.7 Å². The third kappa shape index (κ3) is 3.92. The van der Waals surface area contributed by atoms with Crippen LogP contribution in [0.1, 0.15) is 36.6 Å². The zero-order valence-corrected chi connectivity index (χ0v) is 16.8. The summed E-state index contributed by atoms with van der Waals surface area (Å²) in [4.78, 5) is 22.9. The second kappa shape index (κ2) is 8.50. The van der Waals surface area contributed by atoms with E-state index < -0.39 is 41.0 Å². The first-order valence-corrected chi connectivity index (χ1v) is 10.1. The van der Waals surface area contributed by atoms with E-state index >= 15 is 0 Å². The predicted molar refractivity (Wildman–Crippen MR) is 110 cm³/mol. The van der Waals surface area contributed by atoms with Crippen LogP contribution in [-0.2, 0) is 4.79 Å². The number of carbonyl (C=O) groups is 1. The van der Waals surface area contributed by atoms with Crippen LogP contribution in [0.15, 0.2) is 42.5 Å². The number of phenols is 1. The van der Waals surface area contributed by atoms with E-state index in [2.05, 4.69) is 16.2 Å². The number of benzene rings is 2. The number of nitro benzene ring substituents is 1. The van der Waals surface area contributed by atoms with Gasteiger partial charge < -0.3 is 14.9 Å². The number of carboxylic acids is 1. The molecule has 5 N–H and O–H groups in total. The van der Waals surface area contributed by atoms with Crippen LogP contribution < -0.4 is 20.9 Å². The molecule has 2 aliphatic heterocycles. The van der Waals surface area contributed by atoms with Gasteiger partial charge in [0.05, 0.1) is 29.7 Å². The average molecular weight is 428 g/mol. The molecule has 0 radical (unpaired) electrons. The van der Waals surface area contributed by atoms with Crippen LogP contribution >= 0.6 is 0 Å². The fraction of sp³-hybridized carbons (Fsp3) is 0.381. The number of ether oxygens (including phenoxy) is 1. The van der Waals surface area contributed by atoms with Crippen LogP contribution in [0.3, 0.4) is 0 Å². The van der Waals surface area contributed by atoms with E-state index in [1.165, 1.54) is 12.1 Å². The molecule has 10 heteroatoms.